The zero-order valence-electron chi connectivity index (χ0n) is 12.2. The van der Waals surface area contributed by atoms with Crippen LogP contribution in [0.5, 0.6) is 0 Å². The van der Waals surface area contributed by atoms with Crippen LogP contribution in [0.3, 0.4) is 0 Å². The Kier molecular flexibility index (Phi) is 5.22. The molecule has 0 aliphatic carbocycles. The van der Waals surface area contributed by atoms with Gasteiger partial charge in [0.2, 0.25) is 5.91 Å². The van der Waals surface area contributed by atoms with Crippen molar-refractivity contribution >= 4 is 5.91 Å². The van der Waals surface area contributed by atoms with Crippen LogP contribution in [0, 0.1) is 5.41 Å². The van der Waals surface area contributed by atoms with E-state index in [0.717, 1.165) is 58.2 Å². The Hall–Kier alpha value is -0.610. The molecule has 2 N–H and O–H groups in total. The maximum absolute atomic E-state index is 13.0. The molecule has 19 heavy (non-hydrogen) atoms. The molecule has 2 aliphatic rings. The SMILES string of the molecule is CCC1(C(=O)N2CCCCC2CCO)CCNCC1. The van der Waals surface area contributed by atoms with Gasteiger partial charge in [0, 0.05) is 19.2 Å². The molecule has 1 amide bonds. The maximum atomic E-state index is 13.0. The quantitative estimate of drug-likeness (QED) is 0.813. The molecular formula is C15H28N2O2. The first-order valence-electron chi connectivity index (χ1n) is 7.86. The molecule has 2 aliphatic heterocycles. The summed E-state index contributed by atoms with van der Waals surface area (Å²) in [5, 5.41) is 12.6. The molecule has 0 aromatic rings. The van der Waals surface area contributed by atoms with Crippen molar-refractivity contribution in [3.8, 4) is 0 Å². The Labute approximate surface area is 116 Å². The van der Waals surface area contributed by atoms with E-state index in [4.69, 9.17) is 0 Å². The second-order valence-corrected chi connectivity index (χ2v) is 6.04. The van der Waals surface area contributed by atoms with Gasteiger partial charge in [0.1, 0.15) is 0 Å². The summed E-state index contributed by atoms with van der Waals surface area (Å²) < 4.78 is 0. The van der Waals surface area contributed by atoms with Crippen molar-refractivity contribution in [2.45, 2.75) is 57.9 Å². The van der Waals surface area contributed by atoms with E-state index in [0.29, 0.717) is 5.91 Å². The number of hydrogen-bond acceptors (Lipinski definition) is 3. The number of carbonyl (C=O) groups excluding carboxylic acids is 1. The van der Waals surface area contributed by atoms with Crippen LogP contribution in [0.25, 0.3) is 0 Å². The Balaban J connectivity index is 2.10. The van der Waals surface area contributed by atoms with Gasteiger partial charge in [0.15, 0.2) is 0 Å². The van der Waals surface area contributed by atoms with E-state index < -0.39 is 0 Å². The standard InChI is InChI=1S/C15H28N2O2/c1-2-15(7-9-16-10-8-15)14(19)17-11-4-3-5-13(17)6-12-18/h13,16,18H,2-12H2,1H3. The molecule has 2 heterocycles. The zero-order chi connectivity index (χ0) is 13.7. The molecule has 4 nitrogen and oxygen atoms in total. The molecule has 4 heteroatoms. The van der Waals surface area contributed by atoms with E-state index in [9.17, 15) is 9.90 Å². The fraction of sp³-hybridized carbons (Fsp3) is 0.933. The van der Waals surface area contributed by atoms with Gasteiger partial charge in [-0.3, -0.25) is 4.79 Å². The molecule has 2 saturated heterocycles. The highest BCUT2D eigenvalue weighted by Gasteiger charge is 2.42. The van der Waals surface area contributed by atoms with Crippen molar-refractivity contribution in [3.63, 3.8) is 0 Å². The number of nitrogens with one attached hydrogen (secondary N) is 1. The summed E-state index contributed by atoms with van der Waals surface area (Å²) in [6, 6.07) is 0.268. The van der Waals surface area contributed by atoms with Gasteiger partial charge in [-0.05, 0) is 58.0 Å². The summed E-state index contributed by atoms with van der Waals surface area (Å²) in [5.41, 5.74) is -0.143. The van der Waals surface area contributed by atoms with E-state index in [1.165, 1.54) is 6.42 Å². The molecule has 110 valence electrons. The number of hydrogen-bond donors (Lipinski definition) is 2. The Morgan fingerprint density at radius 1 is 1.37 bits per heavy atom. The van der Waals surface area contributed by atoms with Crippen LogP contribution in [0.15, 0.2) is 0 Å². The van der Waals surface area contributed by atoms with Crippen molar-refractivity contribution in [2.75, 3.05) is 26.2 Å². The highest BCUT2D eigenvalue weighted by Crippen LogP contribution is 2.36. The topological polar surface area (TPSA) is 52.6 Å². The van der Waals surface area contributed by atoms with Gasteiger partial charge in [-0.15, -0.1) is 0 Å². The molecule has 0 aromatic heterocycles. The van der Waals surface area contributed by atoms with Crippen LogP contribution in [-0.4, -0.2) is 48.2 Å². The summed E-state index contributed by atoms with van der Waals surface area (Å²) in [7, 11) is 0. The number of rotatable bonds is 4. The van der Waals surface area contributed by atoms with Crippen LogP contribution >= 0.6 is 0 Å². The Morgan fingerprint density at radius 2 is 2.11 bits per heavy atom. The monoisotopic (exact) mass is 268 g/mol. The lowest BCUT2D eigenvalue weighted by Crippen LogP contribution is -2.53. The van der Waals surface area contributed by atoms with Gasteiger partial charge in [0.25, 0.3) is 0 Å². The number of amides is 1. The van der Waals surface area contributed by atoms with E-state index in [2.05, 4.69) is 17.1 Å². The van der Waals surface area contributed by atoms with Crippen LogP contribution in [0.2, 0.25) is 0 Å². The van der Waals surface area contributed by atoms with E-state index in [-0.39, 0.29) is 18.1 Å². The summed E-state index contributed by atoms with van der Waals surface area (Å²) in [6.07, 6.45) is 6.97. The smallest absolute Gasteiger partial charge is 0.229 e. The normalized spacial score (nSPS) is 27.3. The van der Waals surface area contributed by atoms with Gasteiger partial charge in [-0.1, -0.05) is 6.92 Å². The van der Waals surface area contributed by atoms with E-state index >= 15 is 0 Å². The average Bonchev–Trinajstić information content (AvgIpc) is 2.48. The first-order chi connectivity index (χ1) is 9.23. The van der Waals surface area contributed by atoms with Gasteiger partial charge in [-0.2, -0.15) is 0 Å². The van der Waals surface area contributed by atoms with Crippen LogP contribution in [-0.2, 0) is 4.79 Å². The first kappa shape index (κ1) is 14.8. The maximum Gasteiger partial charge on any atom is 0.229 e. The van der Waals surface area contributed by atoms with Gasteiger partial charge in [-0.25, -0.2) is 0 Å². The molecule has 0 saturated carbocycles. The summed E-state index contributed by atoms with van der Waals surface area (Å²) in [5.74, 6) is 0.356. The molecular weight excluding hydrogens is 240 g/mol. The zero-order valence-corrected chi connectivity index (χ0v) is 12.2. The third kappa shape index (κ3) is 3.11. The Bertz CT molecular complexity index is 299. The van der Waals surface area contributed by atoms with Crippen LogP contribution in [0.1, 0.15) is 51.9 Å². The highest BCUT2D eigenvalue weighted by atomic mass is 16.3. The fourth-order valence-electron chi connectivity index (χ4n) is 3.65. The van der Waals surface area contributed by atoms with Crippen molar-refractivity contribution in [1.82, 2.24) is 10.2 Å². The predicted octanol–water partition coefficient (Wildman–Crippen LogP) is 1.53. The number of carbonyl (C=O) groups is 1. The lowest BCUT2D eigenvalue weighted by molar-refractivity contribution is -0.148. The Morgan fingerprint density at radius 3 is 2.74 bits per heavy atom. The third-order valence-electron chi connectivity index (χ3n) is 5.04. The van der Waals surface area contributed by atoms with Gasteiger partial charge in [0.05, 0.1) is 5.41 Å². The fourth-order valence-corrected chi connectivity index (χ4v) is 3.65. The molecule has 0 radical (unpaired) electrons. The van der Waals surface area contributed by atoms with Crippen molar-refractivity contribution in [3.05, 3.63) is 0 Å². The van der Waals surface area contributed by atoms with E-state index in [1.807, 2.05) is 0 Å². The predicted molar refractivity (Wildman–Crippen MR) is 75.9 cm³/mol. The second kappa shape index (κ2) is 6.71. The third-order valence-corrected chi connectivity index (χ3v) is 5.04. The summed E-state index contributed by atoms with van der Waals surface area (Å²) >= 11 is 0. The lowest BCUT2D eigenvalue weighted by Gasteiger charge is -2.44. The number of nitrogens with zero attached hydrogens (tertiary/aromatic N) is 1. The van der Waals surface area contributed by atoms with Crippen molar-refractivity contribution in [2.24, 2.45) is 5.41 Å². The summed E-state index contributed by atoms with van der Waals surface area (Å²) in [4.78, 5) is 15.1. The summed E-state index contributed by atoms with van der Waals surface area (Å²) in [6.45, 7) is 5.14. The number of aliphatic hydroxyl groups is 1. The second-order valence-electron chi connectivity index (χ2n) is 6.04. The van der Waals surface area contributed by atoms with Crippen LogP contribution in [0.4, 0.5) is 0 Å². The lowest BCUT2D eigenvalue weighted by atomic mass is 9.74. The van der Waals surface area contributed by atoms with E-state index in [1.54, 1.807) is 0 Å². The minimum absolute atomic E-state index is 0.143. The molecule has 1 atom stereocenters. The van der Waals surface area contributed by atoms with Crippen molar-refractivity contribution in [1.29, 1.82) is 0 Å². The number of aliphatic hydroxyl groups excluding tert-OH is 1. The first-order valence-corrected chi connectivity index (χ1v) is 7.86. The molecule has 0 aromatic carbocycles. The molecule has 0 spiro atoms. The largest absolute Gasteiger partial charge is 0.396 e. The van der Waals surface area contributed by atoms with Gasteiger partial charge >= 0.3 is 0 Å². The molecule has 2 fully saturated rings. The number of piperidine rings is 2. The molecule has 0 bridgehead atoms. The van der Waals surface area contributed by atoms with Crippen molar-refractivity contribution < 1.29 is 9.90 Å². The minimum Gasteiger partial charge on any atom is -0.396 e. The van der Waals surface area contributed by atoms with Crippen LogP contribution < -0.4 is 5.32 Å². The minimum atomic E-state index is -0.143. The molecule has 1 unspecified atom stereocenters. The van der Waals surface area contributed by atoms with Gasteiger partial charge < -0.3 is 15.3 Å². The highest BCUT2D eigenvalue weighted by molar-refractivity contribution is 5.83. The molecule has 2 rings (SSSR count). The number of likely N-dealkylation sites (tertiary alicyclic amines) is 1. The average molecular weight is 268 g/mol.